The molecule has 0 aromatic heterocycles. The smallest absolute Gasteiger partial charge is 0.255 e. The largest absolute Gasteiger partial charge is 0.454 e. The van der Waals surface area contributed by atoms with Crippen LogP contribution < -0.4 is 14.8 Å². The van der Waals surface area contributed by atoms with Gasteiger partial charge in [-0.25, -0.2) is 0 Å². The summed E-state index contributed by atoms with van der Waals surface area (Å²) >= 11 is 0. The second kappa shape index (κ2) is 7.70. The van der Waals surface area contributed by atoms with Crippen molar-refractivity contribution >= 4 is 17.5 Å². The van der Waals surface area contributed by atoms with E-state index in [2.05, 4.69) is 5.32 Å². The van der Waals surface area contributed by atoms with Crippen LogP contribution in [0.4, 0.5) is 5.69 Å². The van der Waals surface area contributed by atoms with Crippen LogP contribution in [0.5, 0.6) is 11.5 Å². The molecule has 4 rings (SSSR count). The Balaban J connectivity index is 1.48. The molecule has 1 saturated heterocycles. The standard InChI is InChI=1S/C21H22N2O4/c24-20(22-17-8-9-18-19(13-17)27-14-26-18)15-6-5-7-16(12-15)21(25)23-10-3-1-2-4-11-23/h5-9,12-13H,1-4,10-11,14H2,(H,22,24). The molecule has 0 atom stereocenters. The zero-order valence-corrected chi connectivity index (χ0v) is 15.1. The van der Waals surface area contributed by atoms with Gasteiger partial charge in [0.05, 0.1) is 0 Å². The van der Waals surface area contributed by atoms with Crippen molar-refractivity contribution in [2.24, 2.45) is 0 Å². The minimum atomic E-state index is -0.264. The molecule has 0 bridgehead atoms. The summed E-state index contributed by atoms with van der Waals surface area (Å²) in [7, 11) is 0. The predicted octanol–water partition coefficient (Wildman–Crippen LogP) is 3.68. The SMILES string of the molecule is O=C(Nc1ccc2c(c1)OCO2)c1cccc(C(=O)N2CCCCCC2)c1. The number of hydrogen-bond acceptors (Lipinski definition) is 4. The van der Waals surface area contributed by atoms with Crippen LogP contribution >= 0.6 is 0 Å². The number of rotatable bonds is 3. The molecule has 2 aliphatic rings. The zero-order chi connectivity index (χ0) is 18.6. The lowest BCUT2D eigenvalue weighted by atomic mass is 10.1. The van der Waals surface area contributed by atoms with Gasteiger partial charge in [0.25, 0.3) is 11.8 Å². The summed E-state index contributed by atoms with van der Waals surface area (Å²) in [5.74, 6) is 1.00. The molecule has 2 aromatic carbocycles. The van der Waals surface area contributed by atoms with Crippen molar-refractivity contribution in [2.75, 3.05) is 25.2 Å². The quantitative estimate of drug-likeness (QED) is 0.900. The van der Waals surface area contributed by atoms with E-state index < -0.39 is 0 Å². The van der Waals surface area contributed by atoms with Gasteiger partial charge in [-0.2, -0.15) is 0 Å². The molecule has 0 aliphatic carbocycles. The average molecular weight is 366 g/mol. The van der Waals surface area contributed by atoms with E-state index in [0.29, 0.717) is 28.3 Å². The lowest BCUT2D eigenvalue weighted by molar-refractivity contribution is 0.0761. The van der Waals surface area contributed by atoms with Gasteiger partial charge in [-0.1, -0.05) is 18.9 Å². The maximum absolute atomic E-state index is 12.8. The van der Waals surface area contributed by atoms with Gasteiger partial charge in [-0.15, -0.1) is 0 Å². The molecule has 6 nitrogen and oxygen atoms in total. The highest BCUT2D eigenvalue weighted by Gasteiger charge is 2.19. The van der Waals surface area contributed by atoms with E-state index in [4.69, 9.17) is 9.47 Å². The number of carbonyl (C=O) groups is 2. The molecular weight excluding hydrogens is 344 g/mol. The molecule has 2 aliphatic heterocycles. The Hall–Kier alpha value is -3.02. The first kappa shape index (κ1) is 17.4. The number of likely N-dealkylation sites (tertiary alicyclic amines) is 1. The van der Waals surface area contributed by atoms with Gasteiger partial charge >= 0.3 is 0 Å². The van der Waals surface area contributed by atoms with Crippen LogP contribution in [0.15, 0.2) is 42.5 Å². The zero-order valence-electron chi connectivity index (χ0n) is 15.1. The number of fused-ring (bicyclic) bond motifs is 1. The monoisotopic (exact) mass is 366 g/mol. The molecule has 0 unspecified atom stereocenters. The minimum Gasteiger partial charge on any atom is -0.454 e. The lowest BCUT2D eigenvalue weighted by Crippen LogP contribution is -2.32. The van der Waals surface area contributed by atoms with Gasteiger partial charge in [-0.3, -0.25) is 9.59 Å². The molecule has 1 N–H and O–H groups in total. The van der Waals surface area contributed by atoms with Crippen LogP contribution in [0.1, 0.15) is 46.4 Å². The van der Waals surface area contributed by atoms with Crippen LogP contribution in [0.2, 0.25) is 0 Å². The van der Waals surface area contributed by atoms with E-state index in [-0.39, 0.29) is 18.6 Å². The molecule has 0 radical (unpaired) electrons. The first-order chi connectivity index (χ1) is 13.2. The fourth-order valence-electron chi connectivity index (χ4n) is 3.43. The van der Waals surface area contributed by atoms with E-state index in [1.807, 2.05) is 4.90 Å². The van der Waals surface area contributed by atoms with Gasteiger partial charge in [0.2, 0.25) is 6.79 Å². The highest BCUT2D eigenvalue weighted by atomic mass is 16.7. The molecule has 2 amide bonds. The fourth-order valence-corrected chi connectivity index (χ4v) is 3.43. The number of hydrogen-bond donors (Lipinski definition) is 1. The van der Waals surface area contributed by atoms with Gasteiger partial charge in [0, 0.05) is 36.0 Å². The summed E-state index contributed by atoms with van der Waals surface area (Å²) in [5, 5.41) is 2.84. The third-order valence-electron chi connectivity index (χ3n) is 4.90. The highest BCUT2D eigenvalue weighted by molar-refractivity contribution is 6.06. The van der Waals surface area contributed by atoms with Crippen molar-refractivity contribution in [3.05, 3.63) is 53.6 Å². The van der Waals surface area contributed by atoms with E-state index in [9.17, 15) is 9.59 Å². The van der Waals surface area contributed by atoms with Crippen LogP contribution in [-0.2, 0) is 0 Å². The molecule has 27 heavy (non-hydrogen) atoms. The van der Waals surface area contributed by atoms with E-state index in [0.717, 1.165) is 25.9 Å². The fraction of sp³-hybridized carbons (Fsp3) is 0.333. The van der Waals surface area contributed by atoms with Gasteiger partial charge in [-0.05, 0) is 43.2 Å². The van der Waals surface area contributed by atoms with Crippen molar-refractivity contribution in [1.29, 1.82) is 0 Å². The summed E-state index contributed by atoms with van der Waals surface area (Å²) < 4.78 is 10.6. The third kappa shape index (κ3) is 3.89. The van der Waals surface area contributed by atoms with Gasteiger partial charge < -0.3 is 19.7 Å². The number of benzene rings is 2. The normalized spacial score (nSPS) is 15.9. The second-order valence-corrected chi connectivity index (χ2v) is 6.81. The van der Waals surface area contributed by atoms with Crippen LogP contribution in [-0.4, -0.2) is 36.6 Å². The molecule has 0 saturated carbocycles. The second-order valence-electron chi connectivity index (χ2n) is 6.81. The number of nitrogens with one attached hydrogen (secondary N) is 1. The van der Waals surface area contributed by atoms with Crippen molar-refractivity contribution in [3.8, 4) is 11.5 Å². The molecule has 6 heteroatoms. The summed E-state index contributed by atoms with van der Waals surface area (Å²) in [4.78, 5) is 27.3. The Morgan fingerprint density at radius 1 is 0.852 bits per heavy atom. The van der Waals surface area contributed by atoms with Gasteiger partial charge in [0.15, 0.2) is 11.5 Å². The molecule has 1 fully saturated rings. The van der Waals surface area contributed by atoms with E-state index in [1.165, 1.54) is 12.8 Å². The molecule has 2 aromatic rings. The number of anilines is 1. The molecule has 140 valence electrons. The van der Waals surface area contributed by atoms with Crippen LogP contribution in [0.25, 0.3) is 0 Å². The van der Waals surface area contributed by atoms with Crippen molar-refractivity contribution in [3.63, 3.8) is 0 Å². The van der Waals surface area contributed by atoms with Crippen molar-refractivity contribution in [1.82, 2.24) is 4.90 Å². The van der Waals surface area contributed by atoms with E-state index >= 15 is 0 Å². The van der Waals surface area contributed by atoms with E-state index in [1.54, 1.807) is 42.5 Å². The Morgan fingerprint density at radius 2 is 1.59 bits per heavy atom. The maximum Gasteiger partial charge on any atom is 0.255 e. The third-order valence-corrected chi connectivity index (χ3v) is 4.90. The highest BCUT2D eigenvalue weighted by Crippen LogP contribution is 2.34. The predicted molar refractivity (Wildman–Crippen MR) is 101 cm³/mol. The Kier molecular flexibility index (Phi) is 4.96. The first-order valence-electron chi connectivity index (χ1n) is 9.31. The van der Waals surface area contributed by atoms with Crippen LogP contribution in [0.3, 0.4) is 0 Å². The van der Waals surface area contributed by atoms with Crippen molar-refractivity contribution in [2.45, 2.75) is 25.7 Å². The number of carbonyl (C=O) groups excluding carboxylic acids is 2. The Morgan fingerprint density at radius 3 is 2.41 bits per heavy atom. The summed E-state index contributed by atoms with van der Waals surface area (Å²) in [5.41, 5.74) is 1.62. The number of amides is 2. The molecule has 0 spiro atoms. The maximum atomic E-state index is 12.8. The summed E-state index contributed by atoms with van der Waals surface area (Å²) in [6.45, 7) is 1.76. The minimum absolute atomic E-state index is 0.00497. The van der Waals surface area contributed by atoms with Crippen LogP contribution in [0, 0.1) is 0 Å². The summed E-state index contributed by atoms with van der Waals surface area (Å²) in [6.07, 6.45) is 4.41. The summed E-state index contributed by atoms with van der Waals surface area (Å²) in [6, 6.07) is 12.1. The van der Waals surface area contributed by atoms with Crippen molar-refractivity contribution < 1.29 is 19.1 Å². The molecular formula is C21H22N2O4. The lowest BCUT2D eigenvalue weighted by Gasteiger charge is -2.20. The molecule has 2 heterocycles. The number of ether oxygens (including phenoxy) is 2. The Labute approximate surface area is 158 Å². The number of nitrogens with zero attached hydrogens (tertiary/aromatic N) is 1. The van der Waals surface area contributed by atoms with Gasteiger partial charge in [0.1, 0.15) is 0 Å². The average Bonchev–Trinajstić information content (AvgIpc) is 2.99. The Bertz CT molecular complexity index is 857. The first-order valence-corrected chi connectivity index (χ1v) is 9.31. The topological polar surface area (TPSA) is 67.9 Å².